The van der Waals surface area contributed by atoms with Gasteiger partial charge in [0.25, 0.3) is 11.6 Å². The summed E-state index contributed by atoms with van der Waals surface area (Å²) in [6.45, 7) is 0. The maximum Gasteiger partial charge on any atom is 0.490 e. The van der Waals surface area contributed by atoms with Crippen LogP contribution in [0, 0.1) is 0 Å². The number of methoxy groups -OCH3 is 1. The van der Waals surface area contributed by atoms with Crippen molar-refractivity contribution in [3.05, 3.63) is 41.1 Å². The van der Waals surface area contributed by atoms with Crippen molar-refractivity contribution in [2.24, 2.45) is 12.8 Å². The molecule has 222 valence electrons. The van der Waals surface area contributed by atoms with E-state index in [2.05, 4.69) is 20.8 Å². The van der Waals surface area contributed by atoms with Crippen LogP contribution in [0.5, 0.6) is 5.75 Å². The van der Waals surface area contributed by atoms with E-state index in [0.29, 0.717) is 22.0 Å². The zero-order valence-corrected chi connectivity index (χ0v) is 22.7. The van der Waals surface area contributed by atoms with Gasteiger partial charge in [-0.2, -0.15) is 13.2 Å². The lowest BCUT2D eigenvalue weighted by Gasteiger charge is -2.56. The van der Waals surface area contributed by atoms with Gasteiger partial charge in [0.05, 0.1) is 0 Å². The smallest absolute Gasteiger partial charge is 0.490 e. The first-order valence-corrected chi connectivity index (χ1v) is 13.1. The molecule has 1 fully saturated rings. The molecule has 1 saturated heterocycles. The highest BCUT2D eigenvalue weighted by Gasteiger charge is 2.66. The number of aromatic hydroxyl groups is 1. The number of aromatic nitrogens is 4. The van der Waals surface area contributed by atoms with Crippen molar-refractivity contribution in [3.8, 4) is 5.75 Å². The van der Waals surface area contributed by atoms with Crippen LogP contribution in [-0.4, -0.2) is 100 Å². The number of rotatable bonds is 8. The number of nitrogens with one attached hydrogen (secondary N) is 1. The molecule has 6 N–H and O–H groups in total. The molecule has 2 aliphatic rings. The number of phenols is 1. The molecule has 0 radical (unpaired) electrons. The molecule has 2 aromatic rings. The molecule has 3 atom stereocenters. The molecule has 15 nitrogen and oxygen atoms in total. The molecule has 1 aromatic carbocycles. The van der Waals surface area contributed by atoms with Gasteiger partial charge in [0.15, 0.2) is 0 Å². The lowest BCUT2D eigenvalue weighted by atomic mass is 9.97. The zero-order chi connectivity index (χ0) is 30.7. The first kappa shape index (κ1) is 31.6. The maximum absolute atomic E-state index is 13.2. The van der Waals surface area contributed by atoms with Crippen LogP contribution in [0.15, 0.2) is 40.7 Å². The van der Waals surface area contributed by atoms with Crippen LogP contribution < -0.4 is 11.1 Å². The number of aliphatic carboxylic acids is 2. The second kappa shape index (κ2) is 12.3. The van der Waals surface area contributed by atoms with Crippen molar-refractivity contribution in [1.29, 1.82) is 0 Å². The minimum absolute atomic E-state index is 0.0190. The van der Waals surface area contributed by atoms with Gasteiger partial charge in [-0.25, -0.2) is 14.3 Å². The summed E-state index contributed by atoms with van der Waals surface area (Å²) in [5, 5.41) is 39.8. The van der Waals surface area contributed by atoms with E-state index in [1.54, 1.807) is 7.05 Å². The van der Waals surface area contributed by atoms with Crippen LogP contribution in [0.4, 0.5) is 13.2 Å². The van der Waals surface area contributed by atoms with Crippen molar-refractivity contribution in [2.75, 3.05) is 18.6 Å². The number of benzene rings is 1. The third-order valence-electron chi connectivity index (χ3n) is 5.68. The largest absolute Gasteiger partial charge is 0.508 e. The highest BCUT2D eigenvalue weighted by Crippen LogP contribution is 2.47. The van der Waals surface area contributed by atoms with Crippen LogP contribution in [0.3, 0.4) is 0 Å². The fourth-order valence-electron chi connectivity index (χ4n) is 3.64. The molecule has 41 heavy (non-hydrogen) atoms. The topological polar surface area (TPSA) is 223 Å². The van der Waals surface area contributed by atoms with Crippen molar-refractivity contribution >= 4 is 47.3 Å². The second-order valence-corrected chi connectivity index (χ2v) is 10.3. The van der Waals surface area contributed by atoms with Gasteiger partial charge >= 0.3 is 18.1 Å². The summed E-state index contributed by atoms with van der Waals surface area (Å²) < 4.78 is 38.6. The quantitative estimate of drug-likeness (QED) is 0.149. The minimum atomic E-state index is -5.08. The summed E-state index contributed by atoms with van der Waals surface area (Å²) in [7, 11) is 2.93. The predicted octanol–water partition coefficient (Wildman–Crippen LogP) is 0.0538. The molecule has 0 saturated carbocycles. The number of carbonyl (C=O) groups is 4. The number of alkyl halides is 3. The lowest BCUT2D eigenvalue weighted by Crippen LogP contribution is -2.81. The number of carboxylic acids is 2. The first-order chi connectivity index (χ1) is 19.1. The van der Waals surface area contributed by atoms with E-state index in [1.807, 2.05) is 0 Å². The number of carboxylic acid groups (broad SMARTS) is 2. The summed E-state index contributed by atoms with van der Waals surface area (Å²) in [5.41, 5.74) is 5.06. The number of carbonyl (C=O) groups excluding carboxylic acids is 2. The SMILES string of the molecule is CO[C@@]1(NC(=O)C(N)c2ccc(O)cc2)C(=O)N2C(C(=O)O)=C(CSc3nnnn3C)CS[C@H]21.O=C(O)C(F)(F)F. The molecule has 1 aromatic heterocycles. The number of nitrogens with two attached hydrogens (primary N) is 1. The summed E-state index contributed by atoms with van der Waals surface area (Å²) in [6, 6.07) is 4.63. The Hall–Kier alpha value is -3.88. The number of phenolic OH excluding ortho intramolecular Hbond substituents is 1. The molecular weight excluding hydrogens is 599 g/mol. The fourth-order valence-corrected chi connectivity index (χ4v) is 6.07. The molecule has 2 amide bonds. The number of β-lactam (4-membered cyclic amide) rings is 1. The molecule has 20 heteroatoms. The van der Waals surface area contributed by atoms with Crippen molar-refractivity contribution in [3.63, 3.8) is 0 Å². The van der Waals surface area contributed by atoms with E-state index >= 15 is 0 Å². The molecule has 0 bridgehead atoms. The molecular formula is C21H22F3N7O8S2. The third-order valence-corrected chi connectivity index (χ3v) is 8.15. The number of amides is 2. The maximum atomic E-state index is 13.2. The van der Waals surface area contributed by atoms with Gasteiger partial charge in [-0.1, -0.05) is 23.9 Å². The number of halogens is 3. The number of ether oxygens (including phenoxy) is 1. The summed E-state index contributed by atoms with van der Waals surface area (Å²) in [6.07, 6.45) is -5.08. The molecule has 4 rings (SSSR count). The van der Waals surface area contributed by atoms with Crippen LogP contribution in [-0.2, 0) is 31.0 Å². The van der Waals surface area contributed by atoms with Crippen LogP contribution in [0.2, 0.25) is 0 Å². The number of nitrogens with zero attached hydrogens (tertiary/aromatic N) is 5. The van der Waals surface area contributed by atoms with Crippen LogP contribution in [0.1, 0.15) is 11.6 Å². The average Bonchev–Trinajstić information content (AvgIpc) is 3.33. The number of aryl methyl sites for hydroxylation is 1. The third kappa shape index (κ3) is 6.55. The second-order valence-electron chi connectivity index (χ2n) is 8.27. The molecule has 0 spiro atoms. The van der Waals surface area contributed by atoms with E-state index < -0.39 is 47.1 Å². The first-order valence-electron chi connectivity index (χ1n) is 11.1. The number of hydrogen-bond acceptors (Lipinski definition) is 12. The Kier molecular flexibility index (Phi) is 9.51. The Morgan fingerprint density at radius 3 is 2.39 bits per heavy atom. The highest BCUT2D eigenvalue weighted by atomic mass is 32.2. The summed E-state index contributed by atoms with van der Waals surface area (Å²) >= 11 is 2.52. The molecule has 1 unspecified atom stereocenters. The highest BCUT2D eigenvalue weighted by molar-refractivity contribution is 8.01. The van der Waals surface area contributed by atoms with E-state index in [9.17, 15) is 37.8 Å². The molecule has 2 aliphatic heterocycles. The fraction of sp³-hybridized carbons (Fsp3) is 0.381. The molecule has 3 heterocycles. The standard InChI is InChI=1S/C19H21N7O6S2.C2HF3O2/c1-25-18(22-23-24-25)34-8-10-7-33-17-19(32-2,16(31)26(17)13(10)15(29)30)21-14(28)12(20)9-3-5-11(27)6-4-9;3-2(4,5)1(6)7/h3-6,12,17,27H,7-8,20H2,1-2H3,(H,21,28)(H,29,30);(H,6,7)/t12?,17-,19-;/m0./s1. The number of fused-ring (bicyclic) bond motifs is 1. The number of hydrogen-bond donors (Lipinski definition) is 5. The Labute approximate surface area is 236 Å². The van der Waals surface area contributed by atoms with Crippen LogP contribution >= 0.6 is 23.5 Å². The Morgan fingerprint density at radius 1 is 1.29 bits per heavy atom. The van der Waals surface area contributed by atoms with Gasteiger partial charge in [0.1, 0.15) is 22.9 Å². The Morgan fingerprint density at radius 2 is 1.90 bits per heavy atom. The van der Waals surface area contributed by atoms with Crippen molar-refractivity contribution in [1.82, 2.24) is 30.4 Å². The Balaban J connectivity index is 0.000000587. The van der Waals surface area contributed by atoms with E-state index in [4.69, 9.17) is 20.4 Å². The number of thioether (sulfide) groups is 2. The molecule has 0 aliphatic carbocycles. The monoisotopic (exact) mass is 621 g/mol. The lowest BCUT2D eigenvalue weighted by molar-refractivity contribution is -0.192. The van der Waals surface area contributed by atoms with Gasteiger partial charge < -0.3 is 31.1 Å². The van der Waals surface area contributed by atoms with Crippen LogP contribution in [0.25, 0.3) is 0 Å². The Bertz CT molecular complexity index is 1370. The number of tetrazole rings is 1. The van der Waals surface area contributed by atoms with Gasteiger partial charge in [-0.3, -0.25) is 14.5 Å². The van der Waals surface area contributed by atoms with Gasteiger partial charge in [0, 0.05) is 25.7 Å². The summed E-state index contributed by atoms with van der Waals surface area (Å²) in [4.78, 5) is 48.1. The van der Waals surface area contributed by atoms with Gasteiger partial charge in [-0.05, 0) is 33.7 Å². The predicted molar refractivity (Wildman–Crippen MR) is 134 cm³/mol. The van der Waals surface area contributed by atoms with E-state index in [1.165, 1.54) is 59.6 Å². The van der Waals surface area contributed by atoms with Gasteiger partial charge in [-0.15, -0.1) is 16.9 Å². The minimum Gasteiger partial charge on any atom is -0.508 e. The van der Waals surface area contributed by atoms with Crippen molar-refractivity contribution < 1.29 is 52.4 Å². The van der Waals surface area contributed by atoms with Crippen molar-refractivity contribution in [2.45, 2.75) is 28.5 Å². The average molecular weight is 622 g/mol. The normalized spacial score (nSPS) is 20.8. The van der Waals surface area contributed by atoms with Gasteiger partial charge in [0.2, 0.25) is 11.1 Å². The zero-order valence-electron chi connectivity index (χ0n) is 21.0. The van der Waals surface area contributed by atoms with E-state index in [-0.39, 0.29) is 17.2 Å². The summed E-state index contributed by atoms with van der Waals surface area (Å²) in [5.74, 6) is -4.84. The van der Waals surface area contributed by atoms with E-state index in [0.717, 1.165) is 4.90 Å².